The maximum absolute atomic E-state index is 12.4. The van der Waals surface area contributed by atoms with Gasteiger partial charge in [-0.15, -0.1) is 11.3 Å². The van der Waals surface area contributed by atoms with Crippen molar-refractivity contribution in [1.29, 1.82) is 0 Å². The molecule has 1 aromatic heterocycles. The molecule has 3 heterocycles. The van der Waals surface area contributed by atoms with E-state index in [-0.39, 0.29) is 17.6 Å². The summed E-state index contributed by atoms with van der Waals surface area (Å²) in [7, 11) is 1.64. The molecule has 2 aromatic rings. The van der Waals surface area contributed by atoms with Crippen LogP contribution in [0.2, 0.25) is 0 Å². The monoisotopic (exact) mass is 345 g/mol. The zero-order valence-electron chi connectivity index (χ0n) is 13.4. The summed E-state index contributed by atoms with van der Waals surface area (Å²) in [5.41, 5.74) is 0.920. The Kier molecular flexibility index (Phi) is 3.99. The van der Waals surface area contributed by atoms with Crippen molar-refractivity contribution >= 4 is 17.2 Å². The molecule has 1 amide bonds. The summed E-state index contributed by atoms with van der Waals surface area (Å²) >= 11 is 1.39. The van der Waals surface area contributed by atoms with Gasteiger partial charge in [0.15, 0.2) is 0 Å². The second-order valence-electron chi connectivity index (χ2n) is 6.23. The zero-order valence-corrected chi connectivity index (χ0v) is 14.2. The first-order valence-corrected chi connectivity index (χ1v) is 8.75. The topological polar surface area (TPSA) is 72.5 Å². The van der Waals surface area contributed by atoms with Crippen LogP contribution < -0.4 is 15.4 Å². The van der Waals surface area contributed by atoms with Crippen molar-refractivity contribution in [2.24, 2.45) is 0 Å². The van der Waals surface area contributed by atoms with Crippen molar-refractivity contribution in [2.75, 3.05) is 26.8 Å². The number of nitrogens with one attached hydrogen (secondary N) is 2. The van der Waals surface area contributed by atoms with Gasteiger partial charge in [0.25, 0.3) is 5.91 Å². The van der Waals surface area contributed by atoms with Gasteiger partial charge in [-0.2, -0.15) is 0 Å². The van der Waals surface area contributed by atoms with E-state index in [1.807, 2.05) is 24.3 Å². The number of carbonyl (C=O) groups excluding carboxylic acids is 1. The van der Waals surface area contributed by atoms with Crippen LogP contribution in [0, 0.1) is 0 Å². The molecule has 126 valence electrons. The molecule has 4 rings (SSSR count). The van der Waals surface area contributed by atoms with Gasteiger partial charge in [-0.3, -0.25) is 4.79 Å². The fourth-order valence-electron chi connectivity index (χ4n) is 3.09. The molecule has 2 saturated heterocycles. The minimum atomic E-state index is -0.0785. The van der Waals surface area contributed by atoms with Crippen molar-refractivity contribution in [3.05, 3.63) is 35.3 Å². The van der Waals surface area contributed by atoms with Crippen LogP contribution >= 0.6 is 11.3 Å². The number of rotatable bonds is 4. The fraction of sp³-hybridized carbons (Fsp3) is 0.412. The van der Waals surface area contributed by atoms with Gasteiger partial charge in [0, 0.05) is 25.1 Å². The smallest absolute Gasteiger partial charge is 0.263 e. The third-order valence-corrected chi connectivity index (χ3v) is 5.55. The van der Waals surface area contributed by atoms with Crippen molar-refractivity contribution < 1.29 is 14.3 Å². The second kappa shape index (κ2) is 6.16. The molecule has 7 heteroatoms. The molecular formula is C17H19N3O3S. The lowest BCUT2D eigenvalue weighted by Crippen LogP contribution is -2.59. The highest BCUT2D eigenvalue weighted by Gasteiger charge is 2.45. The SMILES string of the molecule is COc1ccc(-c2ncc(C(=O)NC3COC4(CNC4)C3)s2)cc1. The maximum atomic E-state index is 12.4. The van der Waals surface area contributed by atoms with Crippen LogP contribution in [0.4, 0.5) is 0 Å². The van der Waals surface area contributed by atoms with E-state index >= 15 is 0 Å². The molecule has 2 N–H and O–H groups in total. The Morgan fingerprint density at radius 2 is 2.21 bits per heavy atom. The van der Waals surface area contributed by atoms with Gasteiger partial charge in [0.1, 0.15) is 15.6 Å². The van der Waals surface area contributed by atoms with Crippen molar-refractivity contribution in [3.8, 4) is 16.3 Å². The van der Waals surface area contributed by atoms with Crippen molar-refractivity contribution in [2.45, 2.75) is 18.1 Å². The van der Waals surface area contributed by atoms with Gasteiger partial charge < -0.3 is 20.1 Å². The Morgan fingerprint density at radius 1 is 1.42 bits per heavy atom. The highest BCUT2D eigenvalue weighted by molar-refractivity contribution is 7.16. The Bertz CT molecular complexity index is 740. The molecule has 0 saturated carbocycles. The van der Waals surface area contributed by atoms with Gasteiger partial charge in [-0.25, -0.2) is 4.98 Å². The summed E-state index contributed by atoms with van der Waals surface area (Å²) in [4.78, 5) is 17.4. The molecule has 0 aliphatic carbocycles. The summed E-state index contributed by atoms with van der Waals surface area (Å²) in [6.07, 6.45) is 2.51. The lowest BCUT2D eigenvalue weighted by atomic mass is 9.92. The fourth-order valence-corrected chi connectivity index (χ4v) is 3.91. The molecule has 1 unspecified atom stereocenters. The number of carbonyl (C=O) groups is 1. The lowest BCUT2D eigenvalue weighted by Gasteiger charge is -2.38. The van der Waals surface area contributed by atoms with Crippen LogP contribution in [0.15, 0.2) is 30.5 Å². The molecule has 1 atom stereocenters. The van der Waals surface area contributed by atoms with Crippen LogP contribution in [0.5, 0.6) is 5.75 Å². The van der Waals surface area contributed by atoms with Gasteiger partial charge in [-0.1, -0.05) is 0 Å². The number of hydrogen-bond acceptors (Lipinski definition) is 6. The predicted octanol–water partition coefficient (Wildman–Crippen LogP) is 1.68. The third-order valence-electron chi connectivity index (χ3n) is 4.51. The first-order chi connectivity index (χ1) is 11.7. The Labute approximate surface area is 144 Å². The van der Waals surface area contributed by atoms with Crippen LogP contribution in [0.3, 0.4) is 0 Å². The van der Waals surface area contributed by atoms with Crippen LogP contribution in [-0.2, 0) is 4.74 Å². The number of ether oxygens (including phenoxy) is 2. The first kappa shape index (κ1) is 15.6. The number of thiazole rings is 1. The number of hydrogen-bond donors (Lipinski definition) is 2. The summed E-state index contributed by atoms with van der Waals surface area (Å²) in [6, 6.07) is 7.73. The van der Waals surface area contributed by atoms with Gasteiger partial charge in [0.2, 0.25) is 0 Å². The van der Waals surface area contributed by atoms with Gasteiger partial charge >= 0.3 is 0 Å². The maximum Gasteiger partial charge on any atom is 0.263 e. The molecule has 2 fully saturated rings. The Balaban J connectivity index is 1.41. The molecule has 1 spiro atoms. The van der Waals surface area contributed by atoms with E-state index in [2.05, 4.69) is 15.6 Å². The molecule has 6 nitrogen and oxygen atoms in total. The molecule has 2 aliphatic rings. The molecule has 0 bridgehead atoms. The van der Waals surface area contributed by atoms with E-state index < -0.39 is 0 Å². The van der Waals surface area contributed by atoms with Crippen LogP contribution in [0.25, 0.3) is 10.6 Å². The molecule has 24 heavy (non-hydrogen) atoms. The van der Waals surface area contributed by atoms with Crippen LogP contribution in [0.1, 0.15) is 16.1 Å². The quantitative estimate of drug-likeness (QED) is 0.882. The van der Waals surface area contributed by atoms with E-state index in [0.717, 1.165) is 35.8 Å². The van der Waals surface area contributed by atoms with E-state index in [9.17, 15) is 4.79 Å². The molecular weight excluding hydrogens is 326 g/mol. The van der Waals surface area contributed by atoms with E-state index in [4.69, 9.17) is 9.47 Å². The normalized spacial score (nSPS) is 21.5. The summed E-state index contributed by atoms with van der Waals surface area (Å²) < 4.78 is 11.0. The minimum Gasteiger partial charge on any atom is -0.497 e. The van der Waals surface area contributed by atoms with E-state index in [0.29, 0.717) is 11.5 Å². The molecule has 1 aromatic carbocycles. The summed E-state index contributed by atoms with van der Waals surface area (Å²) in [5.74, 6) is 0.721. The van der Waals surface area contributed by atoms with Crippen molar-refractivity contribution in [3.63, 3.8) is 0 Å². The highest BCUT2D eigenvalue weighted by Crippen LogP contribution is 2.30. The highest BCUT2D eigenvalue weighted by atomic mass is 32.1. The number of aromatic nitrogens is 1. The lowest BCUT2D eigenvalue weighted by molar-refractivity contribution is -0.0360. The van der Waals surface area contributed by atoms with Gasteiger partial charge in [-0.05, 0) is 24.3 Å². The van der Waals surface area contributed by atoms with Crippen LogP contribution in [-0.4, -0.2) is 49.3 Å². The van der Waals surface area contributed by atoms with E-state index in [1.165, 1.54) is 11.3 Å². The Hall–Kier alpha value is -1.96. The standard InChI is InChI=1S/C17H19N3O3S/c1-22-13-4-2-11(3-5-13)16-19-7-14(24-16)15(21)20-12-6-17(23-8-12)9-18-10-17/h2-5,7,12,18H,6,8-10H2,1H3,(H,20,21). The first-order valence-electron chi connectivity index (χ1n) is 7.93. The number of amides is 1. The summed E-state index contributed by atoms with van der Waals surface area (Å²) in [6.45, 7) is 2.33. The second-order valence-corrected chi connectivity index (χ2v) is 7.26. The summed E-state index contributed by atoms with van der Waals surface area (Å²) in [5, 5.41) is 7.11. The minimum absolute atomic E-state index is 0.0557. The average Bonchev–Trinajstić information content (AvgIpc) is 3.22. The molecule has 2 aliphatic heterocycles. The van der Waals surface area contributed by atoms with Gasteiger partial charge in [0.05, 0.1) is 31.6 Å². The third kappa shape index (κ3) is 2.90. The number of nitrogens with zero attached hydrogens (tertiary/aromatic N) is 1. The van der Waals surface area contributed by atoms with Crippen molar-refractivity contribution in [1.82, 2.24) is 15.6 Å². The number of methoxy groups -OCH3 is 1. The van der Waals surface area contributed by atoms with E-state index in [1.54, 1.807) is 13.3 Å². The molecule has 0 radical (unpaired) electrons. The largest absolute Gasteiger partial charge is 0.497 e. The average molecular weight is 345 g/mol. The predicted molar refractivity (Wildman–Crippen MR) is 91.5 cm³/mol. The zero-order chi connectivity index (χ0) is 16.6. The number of benzene rings is 1. The Morgan fingerprint density at radius 3 is 2.83 bits per heavy atom.